The van der Waals surface area contributed by atoms with E-state index < -0.39 is 30.1 Å². The van der Waals surface area contributed by atoms with Gasteiger partial charge in [0.1, 0.15) is 18.7 Å². The normalized spacial score (nSPS) is 14.2. The van der Waals surface area contributed by atoms with Crippen molar-refractivity contribution in [3.63, 3.8) is 0 Å². The quantitative estimate of drug-likeness (QED) is 0.606. The summed E-state index contributed by atoms with van der Waals surface area (Å²) in [5.74, 6) is -1.66. The second-order valence-electron chi connectivity index (χ2n) is 8.42. The number of carboxylic acids is 1. The van der Waals surface area contributed by atoms with Gasteiger partial charge in [-0.05, 0) is 50.2 Å². The van der Waals surface area contributed by atoms with E-state index in [0.717, 1.165) is 22.3 Å². The Balaban J connectivity index is 1.71. The van der Waals surface area contributed by atoms with Crippen molar-refractivity contribution in [3.05, 3.63) is 59.7 Å². The van der Waals surface area contributed by atoms with Gasteiger partial charge in [-0.25, -0.2) is 9.59 Å². The van der Waals surface area contributed by atoms with Gasteiger partial charge in [0.25, 0.3) is 0 Å². The zero-order valence-corrected chi connectivity index (χ0v) is 19.4. The average molecular weight is 454 g/mol. The number of nitrogens with zero attached hydrogens (tertiary/aromatic N) is 2. The van der Waals surface area contributed by atoms with Crippen molar-refractivity contribution < 1.29 is 24.2 Å². The molecule has 0 aliphatic heterocycles. The molecule has 0 heterocycles. The maximum Gasteiger partial charge on any atom is 0.407 e. The third-order valence-electron chi connectivity index (χ3n) is 5.93. The molecule has 3 rings (SSSR count). The molecule has 8 heteroatoms. The summed E-state index contributed by atoms with van der Waals surface area (Å²) in [6.07, 6.45) is -0.712. The van der Waals surface area contributed by atoms with E-state index in [-0.39, 0.29) is 25.6 Å². The standard InChI is InChI=1S/C25H31N3O5/c1-5-28(16(2)24(30)31)23(29)22(14-27(3)4)26-25(32)33-15-21-19-12-8-6-10-17(19)18-11-7-9-13-20(18)21/h6-13,16,21-22H,5,14-15H2,1-4H3,(H,26,32)(H,30,31)/t16?,22-/m0/s1. The largest absolute Gasteiger partial charge is 0.480 e. The molecule has 176 valence electrons. The van der Waals surface area contributed by atoms with E-state index in [4.69, 9.17) is 4.74 Å². The fourth-order valence-corrected chi connectivity index (χ4v) is 4.29. The van der Waals surface area contributed by atoms with Gasteiger partial charge in [0.05, 0.1) is 0 Å². The van der Waals surface area contributed by atoms with E-state index in [2.05, 4.69) is 17.4 Å². The number of hydrogen-bond acceptors (Lipinski definition) is 5. The van der Waals surface area contributed by atoms with E-state index >= 15 is 0 Å². The van der Waals surface area contributed by atoms with Gasteiger partial charge in [0.2, 0.25) is 5.91 Å². The minimum atomic E-state index is -1.10. The topological polar surface area (TPSA) is 99.2 Å². The first-order valence-corrected chi connectivity index (χ1v) is 11.0. The van der Waals surface area contributed by atoms with Gasteiger partial charge < -0.3 is 25.0 Å². The third kappa shape index (κ3) is 5.34. The molecule has 1 unspecified atom stereocenters. The molecule has 0 bridgehead atoms. The number of carbonyl (C=O) groups excluding carboxylic acids is 2. The monoisotopic (exact) mass is 453 g/mol. The zero-order chi connectivity index (χ0) is 24.1. The Morgan fingerprint density at radius 1 is 1.03 bits per heavy atom. The fourth-order valence-electron chi connectivity index (χ4n) is 4.29. The lowest BCUT2D eigenvalue weighted by Crippen LogP contribution is -2.56. The summed E-state index contributed by atoms with van der Waals surface area (Å²) < 4.78 is 5.57. The number of ether oxygens (including phenoxy) is 1. The maximum absolute atomic E-state index is 13.0. The molecule has 0 saturated heterocycles. The summed E-state index contributed by atoms with van der Waals surface area (Å²) in [6, 6.07) is 14.2. The van der Waals surface area contributed by atoms with Crippen molar-refractivity contribution in [1.29, 1.82) is 0 Å². The molecule has 2 amide bonds. The Morgan fingerprint density at radius 2 is 1.58 bits per heavy atom. The molecule has 1 aliphatic carbocycles. The average Bonchev–Trinajstić information content (AvgIpc) is 3.11. The number of rotatable bonds is 9. The van der Waals surface area contributed by atoms with Gasteiger partial charge in [-0.2, -0.15) is 0 Å². The van der Waals surface area contributed by atoms with Crippen LogP contribution in [0.4, 0.5) is 4.79 Å². The van der Waals surface area contributed by atoms with Gasteiger partial charge in [-0.3, -0.25) is 4.79 Å². The van der Waals surface area contributed by atoms with Gasteiger partial charge in [0.15, 0.2) is 0 Å². The number of alkyl carbamates (subject to hydrolysis) is 1. The number of benzene rings is 2. The Kier molecular flexibility index (Phi) is 7.71. The smallest absolute Gasteiger partial charge is 0.407 e. The van der Waals surface area contributed by atoms with E-state index in [1.54, 1.807) is 25.9 Å². The predicted octanol–water partition coefficient (Wildman–Crippen LogP) is 2.78. The highest BCUT2D eigenvalue weighted by molar-refractivity contribution is 5.89. The van der Waals surface area contributed by atoms with Crippen LogP contribution in [0.2, 0.25) is 0 Å². The first-order valence-electron chi connectivity index (χ1n) is 11.0. The van der Waals surface area contributed by atoms with Crippen LogP contribution in [0.1, 0.15) is 30.9 Å². The minimum absolute atomic E-state index is 0.0923. The van der Waals surface area contributed by atoms with Crippen LogP contribution in [-0.4, -0.2) is 78.8 Å². The maximum atomic E-state index is 13.0. The Hall–Kier alpha value is -3.39. The summed E-state index contributed by atoms with van der Waals surface area (Å²) in [5.41, 5.74) is 4.45. The van der Waals surface area contributed by atoms with Crippen LogP contribution >= 0.6 is 0 Å². The molecule has 2 atom stereocenters. The summed E-state index contributed by atoms with van der Waals surface area (Å²) in [7, 11) is 3.55. The fraction of sp³-hybridized carbons (Fsp3) is 0.400. The minimum Gasteiger partial charge on any atom is -0.480 e. The SMILES string of the molecule is CCN(C(=O)[C@H](CN(C)C)NC(=O)OCC1c2ccccc2-c2ccccc21)C(C)C(=O)O. The highest BCUT2D eigenvalue weighted by Gasteiger charge is 2.33. The molecule has 8 nitrogen and oxygen atoms in total. The molecule has 2 aromatic rings. The lowest BCUT2D eigenvalue weighted by molar-refractivity contribution is -0.150. The van der Waals surface area contributed by atoms with Crippen LogP contribution in [0.5, 0.6) is 0 Å². The molecule has 0 aromatic heterocycles. The molecule has 33 heavy (non-hydrogen) atoms. The highest BCUT2D eigenvalue weighted by Crippen LogP contribution is 2.44. The third-order valence-corrected chi connectivity index (χ3v) is 5.93. The number of aliphatic carboxylic acids is 1. The molecular formula is C25H31N3O5. The van der Waals surface area contributed by atoms with Crippen LogP contribution in [0.15, 0.2) is 48.5 Å². The van der Waals surface area contributed by atoms with E-state index in [1.807, 2.05) is 36.4 Å². The second kappa shape index (κ2) is 10.5. The molecule has 0 radical (unpaired) electrons. The van der Waals surface area contributed by atoms with Gasteiger partial charge in [-0.1, -0.05) is 48.5 Å². The molecule has 0 saturated carbocycles. The van der Waals surface area contributed by atoms with Gasteiger partial charge in [-0.15, -0.1) is 0 Å². The molecule has 0 fully saturated rings. The van der Waals surface area contributed by atoms with Crippen molar-refractivity contribution in [3.8, 4) is 11.1 Å². The lowest BCUT2D eigenvalue weighted by atomic mass is 9.98. The van der Waals surface area contributed by atoms with Crippen LogP contribution < -0.4 is 5.32 Å². The van der Waals surface area contributed by atoms with Crippen molar-refractivity contribution in [1.82, 2.24) is 15.1 Å². The van der Waals surface area contributed by atoms with Crippen LogP contribution in [-0.2, 0) is 14.3 Å². The van der Waals surface area contributed by atoms with Crippen molar-refractivity contribution >= 4 is 18.0 Å². The summed E-state index contributed by atoms with van der Waals surface area (Å²) in [4.78, 5) is 40.1. The number of fused-ring (bicyclic) bond motifs is 3. The Bertz CT molecular complexity index is 977. The molecular weight excluding hydrogens is 422 g/mol. The molecule has 2 aromatic carbocycles. The lowest BCUT2D eigenvalue weighted by Gasteiger charge is -2.30. The Morgan fingerprint density at radius 3 is 2.06 bits per heavy atom. The predicted molar refractivity (Wildman–Crippen MR) is 125 cm³/mol. The van der Waals surface area contributed by atoms with E-state index in [9.17, 15) is 19.5 Å². The molecule has 0 spiro atoms. The van der Waals surface area contributed by atoms with Crippen molar-refractivity contribution in [2.75, 3.05) is 33.8 Å². The summed E-state index contributed by atoms with van der Waals surface area (Å²) in [6.45, 7) is 3.71. The van der Waals surface area contributed by atoms with Crippen LogP contribution in [0.3, 0.4) is 0 Å². The van der Waals surface area contributed by atoms with Crippen LogP contribution in [0.25, 0.3) is 11.1 Å². The number of nitrogens with one attached hydrogen (secondary N) is 1. The summed E-state index contributed by atoms with van der Waals surface area (Å²) in [5, 5.41) is 12.0. The second-order valence-corrected chi connectivity index (χ2v) is 8.42. The van der Waals surface area contributed by atoms with Gasteiger partial charge >= 0.3 is 12.1 Å². The number of hydrogen-bond donors (Lipinski definition) is 2. The first kappa shape index (κ1) is 24.3. The van der Waals surface area contributed by atoms with Crippen LogP contribution in [0, 0.1) is 0 Å². The first-order chi connectivity index (χ1) is 15.7. The number of amides is 2. The number of carboxylic acid groups (broad SMARTS) is 1. The Labute approximate surface area is 194 Å². The highest BCUT2D eigenvalue weighted by atomic mass is 16.5. The zero-order valence-electron chi connectivity index (χ0n) is 19.4. The number of likely N-dealkylation sites (N-methyl/N-ethyl adjacent to an activating group) is 2. The number of carbonyl (C=O) groups is 3. The van der Waals surface area contributed by atoms with Gasteiger partial charge in [0, 0.05) is 19.0 Å². The van der Waals surface area contributed by atoms with E-state index in [1.165, 1.54) is 11.8 Å². The molecule has 1 aliphatic rings. The summed E-state index contributed by atoms with van der Waals surface area (Å²) >= 11 is 0. The van der Waals surface area contributed by atoms with E-state index in [0.29, 0.717) is 0 Å². The van der Waals surface area contributed by atoms with Crippen molar-refractivity contribution in [2.24, 2.45) is 0 Å². The molecule has 2 N–H and O–H groups in total. The van der Waals surface area contributed by atoms with Crippen molar-refractivity contribution in [2.45, 2.75) is 31.8 Å².